The van der Waals surface area contributed by atoms with Gasteiger partial charge in [-0.25, -0.2) is 8.42 Å². The van der Waals surface area contributed by atoms with Crippen molar-refractivity contribution in [3.63, 3.8) is 0 Å². The zero-order chi connectivity index (χ0) is 20.9. The molecule has 0 saturated carbocycles. The van der Waals surface area contributed by atoms with Crippen LogP contribution in [0.5, 0.6) is 0 Å². The van der Waals surface area contributed by atoms with E-state index < -0.39 is 22.1 Å². The van der Waals surface area contributed by atoms with Gasteiger partial charge in [-0.15, -0.1) is 0 Å². The lowest BCUT2D eigenvalue weighted by atomic mass is 10.2. The second-order valence-corrected chi connectivity index (χ2v) is 9.36. The van der Waals surface area contributed by atoms with Gasteiger partial charge in [0.1, 0.15) is 6.04 Å². The molecule has 162 valence electrons. The largest absolute Gasteiger partial charge is 0.403 e. The molecule has 2 rings (SSSR count). The molecule has 2 aliphatic heterocycles. The van der Waals surface area contributed by atoms with E-state index >= 15 is 0 Å². The van der Waals surface area contributed by atoms with Crippen LogP contribution in [-0.2, 0) is 14.6 Å². The summed E-state index contributed by atoms with van der Waals surface area (Å²) in [6.45, 7) is 2.84. The summed E-state index contributed by atoms with van der Waals surface area (Å²) in [5, 5.41) is 5.75. The first kappa shape index (κ1) is 22.7. The first-order valence-electron chi connectivity index (χ1n) is 9.28. The van der Waals surface area contributed by atoms with Crippen LogP contribution in [0, 0.1) is 0 Å². The number of alkyl halides is 3. The van der Waals surface area contributed by atoms with Gasteiger partial charge in [-0.3, -0.25) is 14.7 Å². The number of sulfone groups is 1. The van der Waals surface area contributed by atoms with Crippen molar-refractivity contribution >= 4 is 21.7 Å². The van der Waals surface area contributed by atoms with E-state index in [9.17, 15) is 26.4 Å². The Balaban J connectivity index is 1.71. The minimum absolute atomic E-state index is 0.0194. The van der Waals surface area contributed by atoms with E-state index in [-0.39, 0.29) is 43.0 Å². The highest BCUT2D eigenvalue weighted by Crippen LogP contribution is 2.25. The molecule has 0 aliphatic carbocycles. The summed E-state index contributed by atoms with van der Waals surface area (Å²) in [5.74, 6) is 0.375. The molecule has 0 aromatic carbocycles. The van der Waals surface area contributed by atoms with E-state index in [1.54, 1.807) is 7.05 Å². The van der Waals surface area contributed by atoms with Gasteiger partial charge in [0.15, 0.2) is 15.8 Å². The lowest BCUT2D eigenvalue weighted by molar-refractivity contribution is -0.181. The summed E-state index contributed by atoms with van der Waals surface area (Å²) < 4.78 is 61.3. The van der Waals surface area contributed by atoms with Crippen molar-refractivity contribution in [2.75, 3.05) is 51.3 Å². The summed E-state index contributed by atoms with van der Waals surface area (Å²) in [7, 11) is -1.46. The summed E-state index contributed by atoms with van der Waals surface area (Å²) in [6.07, 6.45) is -3.65. The average Bonchev–Trinajstić information content (AvgIpc) is 2.96. The normalized spacial score (nSPS) is 24.8. The number of rotatable bonds is 5. The van der Waals surface area contributed by atoms with Gasteiger partial charge in [0, 0.05) is 52.2 Å². The number of guanidine groups is 1. The number of amides is 1. The predicted molar refractivity (Wildman–Crippen MR) is 99.8 cm³/mol. The van der Waals surface area contributed by atoms with Crippen LogP contribution in [0.4, 0.5) is 13.2 Å². The minimum Gasteiger partial charge on any atom is -0.356 e. The lowest BCUT2D eigenvalue weighted by Crippen LogP contribution is -2.56. The van der Waals surface area contributed by atoms with Crippen LogP contribution >= 0.6 is 0 Å². The number of nitrogens with zero attached hydrogens (tertiary/aromatic N) is 3. The molecule has 0 spiro atoms. The van der Waals surface area contributed by atoms with E-state index in [2.05, 4.69) is 15.6 Å². The molecule has 8 nitrogen and oxygen atoms in total. The van der Waals surface area contributed by atoms with E-state index in [0.29, 0.717) is 32.0 Å². The Hall–Kier alpha value is -1.56. The highest BCUT2D eigenvalue weighted by Gasteiger charge is 2.41. The smallest absolute Gasteiger partial charge is 0.356 e. The van der Waals surface area contributed by atoms with Crippen molar-refractivity contribution in [2.45, 2.75) is 38.0 Å². The molecular weight excluding hydrogens is 399 g/mol. The van der Waals surface area contributed by atoms with Crippen LogP contribution in [0.2, 0.25) is 0 Å². The summed E-state index contributed by atoms with van der Waals surface area (Å²) in [5.41, 5.74) is 0. The number of halogens is 3. The second-order valence-electron chi connectivity index (χ2n) is 7.13. The maximum Gasteiger partial charge on any atom is 0.403 e. The quantitative estimate of drug-likeness (QED) is 0.467. The zero-order valence-corrected chi connectivity index (χ0v) is 16.9. The van der Waals surface area contributed by atoms with Gasteiger partial charge < -0.3 is 15.5 Å². The minimum atomic E-state index is -4.24. The van der Waals surface area contributed by atoms with Crippen molar-refractivity contribution in [1.29, 1.82) is 0 Å². The highest BCUT2D eigenvalue weighted by molar-refractivity contribution is 7.91. The van der Waals surface area contributed by atoms with Crippen LogP contribution in [-0.4, -0.2) is 99.6 Å². The molecule has 1 amide bonds. The molecule has 2 saturated heterocycles. The third-order valence-corrected chi connectivity index (χ3v) is 6.85. The first-order chi connectivity index (χ1) is 13.0. The summed E-state index contributed by atoms with van der Waals surface area (Å²) >= 11 is 0. The van der Waals surface area contributed by atoms with Crippen LogP contribution in [0.25, 0.3) is 0 Å². The maximum atomic E-state index is 12.8. The number of carbonyl (C=O) groups is 1. The molecule has 28 heavy (non-hydrogen) atoms. The van der Waals surface area contributed by atoms with Crippen LogP contribution in [0.3, 0.4) is 0 Å². The molecule has 0 aromatic heterocycles. The van der Waals surface area contributed by atoms with Gasteiger partial charge in [0.05, 0.1) is 11.5 Å². The molecule has 2 atom stereocenters. The third kappa shape index (κ3) is 6.50. The second kappa shape index (κ2) is 9.29. The maximum absolute atomic E-state index is 12.8. The Bertz CT molecular complexity index is 676. The van der Waals surface area contributed by atoms with Crippen LogP contribution < -0.4 is 10.6 Å². The van der Waals surface area contributed by atoms with Gasteiger partial charge in [0.2, 0.25) is 5.91 Å². The SMILES string of the molecule is CN=C(NCCC(=O)NC1CCS(=O)(=O)C1)N1CCN(C(C)C(F)(F)F)CC1. The van der Waals surface area contributed by atoms with Gasteiger partial charge in [-0.05, 0) is 13.3 Å². The fourth-order valence-corrected chi connectivity index (χ4v) is 5.03. The number of nitrogens with one attached hydrogen (secondary N) is 2. The van der Waals surface area contributed by atoms with Gasteiger partial charge in [-0.1, -0.05) is 0 Å². The van der Waals surface area contributed by atoms with E-state index in [4.69, 9.17) is 0 Å². The first-order valence-corrected chi connectivity index (χ1v) is 11.1. The van der Waals surface area contributed by atoms with E-state index in [1.807, 2.05) is 4.90 Å². The number of hydrogen-bond donors (Lipinski definition) is 2. The van der Waals surface area contributed by atoms with E-state index in [1.165, 1.54) is 4.90 Å². The fraction of sp³-hybridized carbons (Fsp3) is 0.875. The molecule has 2 aliphatic rings. The topological polar surface area (TPSA) is 94.1 Å². The van der Waals surface area contributed by atoms with Crippen molar-refractivity contribution in [2.24, 2.45) is 4.99 Å². The zero-order valence-electron chi connectivity index (χ0n) is 16.1. The van der Waals surface area contributed by atoms with Crippen molar-refractivity contribution in [3.8, 4) is 0 Å². The molecular formula is C16H28F3N5O3S. The Morgan fingerprint density at radius 3 is 2.39 bits per heavy atom. The van der Waals surface area contributed by atoms with Crippen LogP contribution in [0.1, 0.15) is 19.8 Å². The molecule has 0 radical (unpaired) electrons. The molecule has 12 heteroatoms. The number of carbonyl (C=O) groups excluding carboxylic acids is 1. The number of hydrogen-bond acceptors (Lipinski definition) is 5. The number of aliphatic imine (C=N–C) groups is 1. The van der Waals surface area contributed by atoms with Crippen molar-refractivity contribution < 1.29 is 26.4 Å². The molecule has 0 aromatic rings. The number of piperazine rings is 1. The lowest BCUT2D eigenvalue weighted by Gasteiger charge is -2.39. The molecule has 2 unspecified atom stereocenters. The molecule has 2 N–H and O–H groups in total. The standard InChI is InChI=1S/C16H28F3N5O3S/c1-12(16(17,18)19)23-6-8-24(9-7-23)15(20-2)21-5-3-14(25)22-13-4-10-28(26,27)11-13/h12-13H,3-11H2,1-2H3,(H,20,21)(H,22,25). The highest BCUT2D eigenvalue weighted by atomic mass is 32.2. The van der Waals surface area contributed by atoms with Crippen molar-refractivity contribution in [1.82, 2.24) is 20.4 Å². The Morgan fingerprint density at radius 1 is 1.25 bits per heavy atom. The Morgan fingerprint density at radius 2 is 1.89 bits per heavy atom. The Labute approximate surface area is 163 Å². The average molecular weight is 427 g/mol. The van der Waals surface area contributed by atoms with Gasteiger partial charge in [-0.2, -0.15) is 13.2 Å². The summed E-state index contributed by atoms with van der Waals surface area (Å²) in [6, 6.07) is -1.81. The van der Waals surface area contributed by atoms with Crippen LogP contribution in [0.15, 0.2) is 4.99 Å². The van der Waals surface area contributed by atoms with E-state index in [0.717, 1.165) is 6.92 Å². The summed E-state index contributed by atoms with van der Waals surface area (Å²) in [4.78, 5) is 19.3. The third-order valence-electron chi connectivity index (χ3n) is 5.08. The fourth-order valence-electron chi connectivity index (χ4n) is 3.36. The van der Waals surface area contributed by atoms with Gasteiger partial charge >= 0.3 is 6.18 Å². The van der Waals surface area contributed by atoms with Crippen molar-refractivity contribution in [3.05, 3.63) is 0 Å². The Kier molecular flexibility index (Phi) is 7.54. The molecule has 2 heterocycles. The van der Waals surface area contributed by atoms with Gasteiger partial charge in [0.25, 0.3) is 0 Å². The molecule has 0 bridgehead atoms. The predicted octanol–water partition coefficient (Wildman–Crippen LogP) is -0.176. The monoisotopic (exact) mass is 427 g/mol. The molecule has 2 fully saturated rings.